The molecule has 0 aromatic heterocycles. The number of likely N-dealkylation sites (tertiary alicyclic amines) is 1. The maximum absolute atomic E-state index is 12.7. The van der Waals surface area contributed by atoms with Gasteiger partial charge in [-0.25, -0.2) is 4.79 Å². The average Bonchev–Trinajstić information content (AvgIpc) is 3.11. The molecule has 1 aliphatic heterocycles. The van der Waals surface area contributed by atoms with E-state index >= 15 is 0 Å². The topological polar surface area (TPSA) is 87.7 Å². The number of nitrogens with zero attached hydrogens (tertiary/aromatic N) is 1. The second-order valence-corrected chi connectivity index (χ2v) is 7.90. The van der Waals surface area contributed by atoms with E-state index in [-0.39, 0.29) is 24.3 Å². The number of esters is 1. The number of rotatable bonds is 8. The van der Waals surface area contributed by atoms with E-state index in [4.69, 9.17) is 4.74 Å². The van der Waals surface area contributed by atoms with Crippen molar-refractivity contribution >= 4 is 29.2 Å². The van der Waals surface area contributed by atoms with Gasteiger partial charge in [0.25, 0.3) is 5.91 Å². The summed E-state index contributed by atoms with van der Waals surface area (Å²) in [6, 6.07) is 13.8. The van der Waals surface area contributed by atoms with E-state index in [1.807, 2.05) is 24.0 Å². The molecule has 0 bridgehead atoms. The Bertz CT molecular complexity index is 902. The number of carbonyl (C=O) groups excluding carboxylic acids is 3. The first-order chi connectivity index (χ1) is 15.6. The van der Waals surface area contributed by atoms with Crippen molar-refractivity contribution in [3.05, 3.63) is 59.7 Å². The molecule has 7 heteroatoms. The molecule has 0 spiro atoms. The lowest BCUT2D eigenvalue weighted by Gasteiger charge is -2.20. The van der Waals surface area contributed by atoms with Gasteiger partial charge in [-0.3, -0.25) is 9.59 Å². The van der Waals surface area contributed by atoms with Crippen molar-refractivity contribution in [3.8, 4) is 0 Å². The van der Waals surface area contributed by atoms with Crippen LogP contribution in [0, 0.1) is 0 Å². The van der Waals surface area contributed by atoms with E-state index in [1.54, 1.807) is 36.4 Å². The summed E-state index contributed by atoms with van der Waals surface area (Å²) in [5, 5.41) is 5.85. The number of hydrogen-bond acceptors (Lipinski definition) is 5. The lowest BCUT2D eigenvalue weighted by atomic mass is 10.1. The molecule has 170 valence electrons. The SMILES string of the molecule is CCCOC(=O)c1ccc(NC(=O)CNc2ccc(C(=O)N3CCCCCC3)cc2)cc1. The lowest BCUT2D eigenvalue weighted by Crippen LogP contribution is -2.31. The van der Waals surface area contributed by atoms with E-state index in [1.165, 1.54) is 12.8 Å². The number of amides is 2. The average molecular weight is 438 g/mol. The van der Waals surface area contributed by atoms with Gasteiger partial charge >= 0.3 is 5.97 Å². The van der Waals surface area contributed by atoms with E-state index < -0.39 is 0 Å². The normalized spacial score (nSPS) is 13.7. The number of hydrogen-bond donors (Lipinski definition) is 2. The Morgan fingerprint density at radius 2 is 1.44 bits per heavy atom. The van der Waals surface area contributed by atoms with Gasteiger partial charge in [-0.15, -0.1) is 0 Å². The zero-order valence-corrected chi connectivity index (χ0v) is 18.6. The van der Waals surface area contributed by atoms with Gasteiger partial charge in [-0.05, 0) is 67.8 Å². The van der Waals surface area contributed by atoms with Crippen LogP contribution in [0.1, 0.15) is 59.7 Å². The monoisotopic (exact) mass is 437 g/mol. The Morgan fingerprint density at radius 1 is 0.844 bits per heavy atom. The molecular weight excluding hydrogens is 406 g/mol. The minimum absolute atomic E-state index is 0.0678. The lowest BCUT2D eigenvalue weighted by molar-refractivity contribution is -0.114. The Labute approximate surface area is 189 Å². The van der Waals surface area contributed by atoms with Crippen LogP contribution >= 0.6 is 0 Å². The Hall–Kier alpha value is -3.35. The highest BCUT2D eigenvalue weighted by atomic mass is 16.5. The summed E-state index contributed by atoms with van der Waals surface area (Å²) in [5.41, 5.74) is 2.48. The maximum Gasteiger partial charge on any atom is 0.338 e. The van der Waals surface area contributed by atoms with Gasteiger partial charge < -0.3 is 20.3 Å². The summed E-state index contributed by atoms with van der Waals surface area (Å²) in [7, 11) is 0. The standard InChI is InChI=1S/C25H31N3O4/c1-2-17-32-25(31)20-9-13-22(14-10-20)27-23(29)18-26-21-11-7-19(8-12-21)24(30)28-15-5-3-4-6-16-28/h7-14,26H,2-6,15-18H2,1H3,(H,27,29). The molecule has 7 nitrogen and oxygen atoms in total. The summed E-state index contributed by atoms with van der Waals surface area (Å²) < 4.78 is 5.09. The van der Waals surface area contributed by atoms with E-state index in [0.29, 0.717) is 23.4 Å². The summed E-state index contributed by atoms with van der Waals surface area (Å²) in [6.45, 7) is 4.04. The largest absolute Gasteiger partial charge is 0.462 e. The van der Waals surface area contributed by atoms with E-state index in [2.05, 4.69) is 10.6 Å². The van der Waals surface area contributed by atoms with Crippen LogP contribution < -0.4 is 10.6 Å². The molecule has 1 heterocycles. The maximum atomic E-state index is 12.7. The van der Waals surface area contributed by atoms with Crippen LogP contribution in [0.25, 0.3) is 0 Å². The molecule has 0 aliphatic carbocycles. The van der Waals surface area contributed by atoms with Crippen molar-refractivity contribution in [2.75, 3.05) is 36.9 Å². The molecule has 0 saturated carbocycles. The van der Waals surface area contributed by atoms with Gasteiger partial charge in [0.15, 0.2) is 0 Å². The minimum Gasteiger partial charge on any atom is -0.462 e. The fourth-order valence-corrected chi connectivity index (χ4v) is 3.54. The highest BCUT2D eigenvalue weighted by Gasteiger charge is 2.17. The smallest absolute Gasteiger partial charge is 0.338 e. The molecule has 2 aromatic carbocycles. The van der Waals surface area contributed by atoms with Crippen LogP contribution in [0.2, 0.25) is 0 Å². The first-order valence-corrected chi connectivity index (χ1v) is 11.3. The van der Waals surface area contributed by atoms with Gasteiger partial charge in [-0.1, -0.05) is 19.8 Å². The molecule has 2 N–H and O–H groups in total. The second-order valence-electron chi connectivity index (χ2n) is 7.90. The van der Waals surface area contributed by atoms with Crippen LogP contribution in [0.4, 0.5) is 11.4 Å². The third kappa shape index (κ3) is 6.83. The molecule has 2 aromatic rings. The van der Waals surface area contributed by atoms with Gasteiger partial charge in [0.05, 0.1) is 18.7 Å². The fourth-order valence-electron chi connectivity index (χ4n) is 3.54. The highest BCUT2D eigenvalue weighted by Crippen LogP contribution is 2.16. The van der Waals surface area contributed by atoms with Crippen molar-refractivity contribution in [1.82, 2.24) is 4.90 Å². The summed E-state index contributed by atoms with van der Waals surface area (Å²) >= 11 is 0. The van der Waals surface area contributed by atoms with Crippen LogP contribution in [-0.2, 0) is 9.53 Å². The van der Waals surface area contributed by atoms with Crippen molar-refractivity contribution in [1.29, 1.82) is 0 Å². The first-order valence-electron chi connectivity index (χ1n) is 11.3. The van der Waals surface area contributed by atoms with Crippen molar-refractivity contribution in [3.63, 3.8) is 0 Å². The van der Waals surface area contributed by atoms with Gasteiger partial charge in [0, 0.05) is 30.0 Å². The third-order valence-corrected chi connectivity index (χ3v) is 5.32. The van der Waals surface area contributed by atoms with Gasteiger partial charge in [-0.2, -0.15) is 0 Å². The molecule has 1 fully saturated rings. The van der Waals surface area contributed by atoms with E-state index in [0.717, 1.165) is 38.0 Å². The predicted octanol–water partition coefficient (Wildman–Crippen LogP) is 4.32. The van der Waals surface area contributed by atoms with Crippen molar-refractivity contribution in [2.45, 2.75) is 39.0 Å². The molecule has 2 amide bonds. The molecule has 1 aliphatic rings. The van der Waals surface area contributed by atoms with Gasteiger partial charge in [0.1, 0.15) is 0 Å². The van der Waals surface area contributed by atoms with Crippen LogP contribution in [0.15, 0.2) is 48.5 Å². The summed E-state index contributed by atoms with van der Waals surface area (Å²) in [6.07, 6.45) is 5.26. The van der Waals surface area contributed by atoms with Crippen LogP contribution in [0.5, 0.6) is 0 Å². The minimum atomic E-state index is -0.371. The molecule has 0 radical (unpaired) electrons. The number of anilines is 2. The summed E-state index contributed by atoms with van der Waals surface area (Å²) in [5.74, 6) is -0.515. The second kappa shape index (κ2) is 11.9. The Morgan fingerprint density at radius 3 is 2.06 bits per heavy atom. The Balaban J connectivity index is 1.46. The number of benzene rings is 2. The molecule has 1 saturated heterocycles. The molecule has 3 rings (SSSR count). The number of nitrogens with one attached hydrogen (secondary N) is 2. The first kappa shape index (κ1) is 23.3. The number of carbonyl (C=O) groups is 3. The number of ether oxygens (including phenoxy) is 1. The summed E-state index contributed by atoms with van der Waals surface area (Å²) in [4.78, 5) is 38.7. The molecule has 0 atom stereocenters. The molecule has 32 heavy (non-hydrogen) atoms. The van der Waals surface area contributed by atoms with E-state index in [9.17, 15) is 14.4 Å². The fraction of sp³-hybridized carbons (Fsp3) is 0.400. The quantitative estimate of drug-likeness (QED) is 0.601. The van der Waals surface area contributed by atoms with Crippen molar-refractivity contribution < 1.29 is 19.1 Å². The zero-order chi connectivity index (χ0) is 22.8. The highest BCUT2D eigenvalue weighted by molar-refractivity contribution is 5.96. The molecular formula is C25H31N3O4. The van der Waals surface area contributed by atoms with Crippen LogP contribution in [-0.4, -0.2) is 48.9 Å². The van der Waals surface area contributed by atoms with Crippen LogP contribution in [0.3, 0.4) is 0 Å². The predicted molar refractivity (Wildman–Crippen MR) is 125 cm³/mol. The zero-order valence-electron chi connectivity index (χ0n) is 18.6. The van der Waals surface area contributed by atoms with Crippen molar-refractivity contribution in [2.24, 2.45) is 0 Å². The Kier molecular flexibility index (Phi) is 8.66. The van der Waals surface area contributed by atoms with Gasteiger partial charge in [0.2, 0.25) is 5.91 Å². The molecule has 0 unspecified atom stereocenters. The third-order valence-electron chi connectivity index (χ3n) is 5.32.